The molecule has 3 aromatic rings. The Kier molecular flexibility index (Phi) is 5.97. The van der Waals surface area contributed by atoms with Gasteiger partial charge < -0.3 is 19.5 Å². The van der Waals surface area contributed by atoms with Gasteiger partial charge in [0.2, 0.25) is 0 Å². The highest BCUT2D eigenvalue weighted by Gasteiger charge is 2.13. The molecule has 0 fully saturated rings. The molecule has 1 N–H and O–H groups in total. The van der Waals surface area contributed by atoms with E-state index in [0.717, 1.165) is 22.6 Å². The normalized spacial score (nSPS) is 10.2. The van der Waals surface area contributed by atoms with Crippen LogP contribution in [0.2, 0.25) is 0 Å². The maximum atomic E-state index is 9.78. The van der Waals surface area contributed by atoms with E-state index < -0.39 is 0 Å². The Morgan fingerprint density at radius 3 is 1.86 bits per heavy atom. The zero-order valence-corrected chi connectivity index (χ0v) is 15.8. The maximum absolute atomic E-state index is 9.78. The Balaban J connectivity index is 1.91. The van der Waals surface area contributed by atoms with E-state index in [1.54, 1.807) is 20.3 Å². The molecule has 3 rings (SSSR count). The van der Waals surface area contributed by atoms with Gasteiger partial charge in [0.15, 0.2) is 5.75 Å². The van der Waals surface area contributed by atoms with Crippen LogP contribution in [0.15, 0.2) is 60.8 Å². The van der Waals surface area contributed by atoms with Gasteiger partial charge in [-0.2, -0.15) is 5.26 Å². The lowest BCUT2D eigenvalue weighted by atomic mass is 10.1. The fourth-order valence-corrected chi connectivity index (χ4v) is 2.82. The number of nitriles is 1. The summed E-state index contributed by atoms with van der Waals surface area (Å²) in [5.41, 5.74) is 2.34. The summed E-state index contributed by atoms with van der Waals surface area (Å²) in [5.74, 6) is 2.07. The predicted octanol–water partition coefficient (Wildman–Crippen LogP) is 3.88. The standard InChI is InChI=1S/C22H21N3O3/c1-27-19-7-3-16(4-8-19)14-25(15-17-5-9-20(28-2)10-6-17)22-11-18(12-23)21(26)13-24-22/h3-11,13,26H,14-15H2,1-2H3. The summed E-state index contributed by atoms with van der Waals surface area (Å²) in [4.78, 5) is 6.37. The van der Waals surface area contributed by atoms with Crippen molar-refractivity contribution in [3.8, 4) is 23.3 Å². The van der Waals surface area contributed by atoms with Gasteiger partial charge in [-0.15, -0.1) is 0 Å². The smallest absolute Gasteiger partial charge is 0.151 e. The average molecular weight is 375 g/mol. The summed E-state index contributed by atoms with van der Waals surface area (Å²) < 4.78 is 10.4. The van der Waals surface area contributed by atoms with Gasteiger partial charge >= 0.3 is 0 Å². The second kappa shape index (κ2) is 8.78. The Hall–Kier alpha value is -3.72. The van der Waals surface area contributed by atoms with E-state index in [0.29, 0.717) is 18.9 Å². The van der Waals surface area contributed by atoms with Crippen LogP contribution in [0, 0.1) is 11.3 Å². The molecule has 0 bridgehead atoms. The van der Waals surface area contributed by atoms with Crippen molar-refractivity contribution in [2.24, 2.45) is 0 Å². The van der Waals surface area contributed by atoms with Gasteiger partial charge in [0.25, 0.3) is 0 Å². The molecular formula is C22H21N3O3. The fourth-order valence-electron chi connectivity index (χ4n) is 2.82. The molecule has 0 unspecified atom stereocenters. The molecule has 6 heteroatoms. The highest BCUT2D eigenvalue weighted by atomic mass is 16.5. The molecule has 142 valence electrons. The van der Waals surface area contributed by atoms with Crippen LogP contribution in [-0.4, -0.2) is 24.3 Å². The molecule has 0 saturated heterocycles. The molecule has 1 aromatic heterocycles. The first-order valence-electron chi connectivity index (χ1n) is 8.73. The van der Waals surface area contributed by atoms with Gasteiger partial charge in [0, 0.05) is 19.2 Å². The third kappa shape index (κ3) is 4.51. The quantitative estimate of drug-likeness (QED) is 0.675. The molecule has 0 amide bonds. The van der Waals surface area contributed by atoms with Crippen molar-refractivity contribution in [1.82, 2.24) is 4.98 Å². The number of ether oxygens (including phenoxy) is 2. The van der Waals surface area contributed by atoms with Crippen molar-refractivity contribution < 1.29 is 14.6 Å². The largest absolute Gasteiger partial charge is 0.505 e. The topological polar surface area (TPSA) is 78.6 Å². The Labute approximate surface area is 164 Å². The monoisotopic (exact) mass is 375 g/mol. The van der Waals surface area contributed by atoms with E-state index in [-0.39, 0.29) is 11.3 Å². The van der Waals surface area contributed by atoms with E-state index in [2.05, 4.69) is 4.98 Å². The second-order valence-corrected chi connectivity index (χ2v) is 6.22. The van der Waals surface area contributed by atoms with Gasteiger partial charge in [-0.1, -0.05) is 24.3 Å². The van der Waals surface area contributed by atoms with Gasteiger partial charge in [-0.25, -0.2) is 4.98 Å². The second-order valence-electron chi connectivity index (χ2n) is 6.22. The molecule has 0 saturated carbocycles. The number of benzene rings is 2. The predicted molar refractivity (Wildman–Crippen MR) is 106 cm³/mol. The van der Waals surface area contributed by atoms with E-state index >= 15 is 0 Å². The first-order valence-corrected chi connectivity index (χ1v) is 8.73. The van der Waals surface area contributed by atoms with Gasteiger partial charge in [-0.05, 0) is 35.4 Å². The summed E-state index contributed by atoms with van der Waals surface area (Å²) in [6.07, 6.45) is 1.31. The summed E-state index contributed by atoms with van der Waals surface area (Å²) in [6.45, 7) is 1.16. The van der Waals surface area contributed by atoms with E-state index in [9.17, 15) is 10.4 Å². The molecule has 28 heavy (non-hydrogen) atoms. The minimum atomic E-state index is -0.125. The van der Waals surface area contributed by atoms with Gasteiger partial charge in [-0.3, -0.25) is 0 Å². The zero-order chi connectivity index (χ0) is 19.9. The molecular weight excluding hydrogens is 354 g/mol. The van der Waals surface area contributed by atoms with Crippen molar-refractivity contribution in [1.29, 1.82) is 5.26 Å². The minimum Gasteiger partial charge on any atom is -0.505 e. The van der Waals surface area contributed by atoms with Crippen molar-refractivity contribution >= 4 is 5.82 Å². The summed E-state index contributed by atoms with van der Waals surface area (Å²) in [6, 6.07) is 19.2. The van der Waals surface area contributed by atoms with Crippen LogP contribution in [0.3, 0.4) is 0 Å². The van der Waals surface area contributed by atoms with Crippen LogP contribution >= 0.6 is 0 Å². The van der Waals surface area contributed by atoms with Gasteiger partial charge in [0.1, 0.15) is 23.4 Å². The van der Waals surface area contributed by atoms with E-state index in [4.69, 9.17) is 9.47 Å². The number of rotatable bonds is 7. The van der Waals surface area contributed by atoms with E-state index in [1.165, 1.54) is 6.20 Å². The molecule has 2 aromatic carbocycles. The average Bonchev–Trinajstić information content (AvgIpc) is 2.74. The SMILES string of the molecule is COc1ccc(CN(Cc2ccc(OC)cc2)c2cc(C#N)c(O)cn2)cc1. The minimum absolute atomic E-state index is 0.125. The molecule has 0 aliphatic rings. The number of nitrogens with zero attached hydrogens (tertiary/aromatic N) is 3. The Morgan fingerprint density at radius 1 is 0.929 bits per heavy atom. The molecule has 0 aliphatic carbocycles. The molecule has 0 radical (unpaired) electrons. The number of aromatic hydroxyl groups is 1. The highest BCUT2D eigenvalue weighted by molar-refractivity contribution is 5.51. The lowest BCUT2D eigenvalue weighted by molar-refractivity contribution is 0.414. The molecule has 6 nitrogen and oxygen atoms in total. The number of pyridine rings is 1. The van der Waals surface area contributed by atoms with Crippen LogP contribution < -0.4 is 14.4 Å². The van der Waals surface area contributed by atoms with Crippen molar-refractivity contribution in [3.63, 3.8) is 0 Å². The lowest BCUT2D eigenvalue weighted by Crippen LogP contribution is -2.23. The van der Waals surface area contributed by atoms with Crippen molar-refractivity contribution in [2.45, 2.75) is 13.1 Å². The van der Waals surface area contributed by atoms with Crippen LogP contribution in [-0.2, 0) is 13.1 Å². The summed E-state index contributed by atoms with van der Waals surface area (Å²) >= 11 is 0. The summed E-state index contributed by atoms with van der Waals surface area (Å²) in [7, 11) is 3.27. The lowest BCUT2D eigenvalue weighted by Gasteiger charge is -2.24. The zero-order valence-electron chi connectivity index (χ0n) is 15.8. The highest BCUT2D eigenvalue weighted by Crippen LogP contribution is 2.25. The Morgan fingerprint density at radius 2 is 1.43 bits per heavy atom. The Bertz CT molecular complexity index is 914. The van der Waals surface area contributed by atoms with Crippen molar-refractivity contribution in [2.75, 3.05) is 19.1 Å². The van der Waals surface area contributed by atoms with Crippen LogP contribution in [0.5, 0.6) is 17.2 Å². The van der Waals surface area contributed by atoms with Gasteiger partial charge in [0.05, 0.1) is 26.0 Å². The number of aromatic nitrogens is 1. The van der Waals surface area contributed by atoms with Crippen molar-refractivity contribution in [3.05, 3.63) is 77.5 Å². The number of hydrogen-bond acceptors (Lipinski definition) is 6. The molecule has 0 atom stereocenters. The fraction of sp³-hybridized carbons (Fsp3) is 0.182. The van der Waals surface area contributed by atoms with E-state index in [1.807, 2.05) is 59.5 Å². The summed E-state index contributed by atoms with van der Waals surface area (Å²) in [5, 5.41) is 19.0. The number of hydrogen-bond donors (Lipinski definition) is 1. The maximum Gasteiger partial charge on any atom is 0.151 e. The van der Waals surface area contributed by atoms with Crippen LogP contribution in [0.1, 0.15) is 16.7 Å². The molecule has 1 heterocycles. The number of anilines is 1. The first-order chi connectivity index (χ1) is 13.6. The third-order valence-electron chi connectivity index (χ3n) is 4.38. The number of methoxy groups -OCH3 is 2. The first kappa shape index (κ1) is 19.1. The third-order valence-corrected chi connectivity index (χ3v) is 4.38. The molecule has 0 aliphatic heterocycles. The molecule has 0 spiro atoms. The van der Waals surface area contributed by atoms with Crippen LogP contribution in [0.4, 0.5) is 5.82 Å². The van der Waals surface area contributed by atoms with Crippen LogP contribution in [0.25, 0.3) is 0 Å².